The molecular formula is C16H28FN3. The van der Waals surface area contributed by atoms with Gasteiger partial charge in [0.1, 0.15) is 0 Å². The van der Waals surface area contributed by atoms with Gasteiger partial charge in [0, 0.05) is 31.9 Å². The molecule has 4 heteroatoms. The summed E-state index contributed by atoms with van der Waals surface area (Å²) in [7, 11) is 1.91. The molecule has 0 saturated heterocycles. The molecule has 0 radical (unpaired) electrons. The first kappa shape index (κ1) is 16.9. The van der Waals surface area contributed by atoms with Crippen LogP contribution in [0.2, 0.25) is 0 Å². The van der Waals surface area contributed by atoms with Crippen molar-refractivity contribution in [2.45, 2.75) is 40.7 Å². The second kappa shape index (κ2) is 8.20. The van der Waals surface area contributed by atoms with Crippen LogP contribution in [0.25, 0.3) is 0 Å². The number of halogens is 1. The van der Waals surface area contributed by atoms with Gasteiger partial charge in [-0.1, -0.05) is 34.1 Å². The Labute approximate surface area is 122 Å². The molecule has 1 heterocycles. The van der Waals surface area contributed by atoms with E-state index >= 15 is 0 Å². The number of anilines is 1. The molecule has 1 N–H and O–H groups in total. The predicted octanol–water partition coefficient (Wildman–Crippen LogP) is 3.45. The third kappa shape index (κ3) is 5.08. The van der Waals surface area contributed by atoms with E-state index in [2.05, 4.69) is 38.0 Å². The highest BCUT2D eigenvalue weighted by Crippen LogP contribution is 2.19. The number of hydrogen-bond donors (Lipinski definition) is 1. The number of pyridine rings is 1. The molecule has 0 bridgehead atoms. The van der Waals surface area contributed by atoms with E-state index in [-0.39, 0.29) is 5.82 Å². The molecule has 0 aliphatic carbocycles. The molecule has 1 unspecified atom stereocenters. The van der Waals surface area contributed by atoms with Crippen LogP contribution in [0.15, 0.2) is 12.3 Å². The van der Waals surface area contributed by atoms with E-state index < -0.39 is 0 Å². The van der Waals surface area contributed by atoms with Crippen LogP contribution in [-0.2, 0) is 6.54 Å². The Kier molecular flexibility index (Phi) is 6.93. The third-order valence-corrected chi connectivity index (χ3v) is 3.46. The van der Waals surface area contributed by atoms with E-state index in [4.69, 9.17) is 0 Å². The second-order valence-electron chi connectivity index (χ2n) is 6.03. The van der Waals surface area contributed by atoms with Gasteiger partial charge in [-0.2, -0.15) is 0 Å². The van der Waals surface area contributed by atoms with Crippen molar-refractivity contribution in [2.75, 3.05) is 25.0 Å². The van der Waals surface area contributed by atoms with E-state index in [1.54, 1.807) is 12.3 Å². The lowest BCUT2D eigenvalue weighted by molar-refractivity contribution is 0.524. The van der Waals surface area contributed by atoms with Crippen LogP contribution in [0, 0.1) is 17.7 Å². The van der Waals surface area contributed by atoms with Crippen molar-refractivity contribution < 1.29 is 4.39 Å². The molecule has 0 aromatic carbocycles. The van der Waals surface area contributed by atoms with Crippen molar-refractivity contribution in [3.05, 3.63) is 23.6 Å². The van der Waals surface area contributed by atoms with Crippen molar-refractivity contribution in [3.63, 3.8) is 0 Å². The molecule has 1 aromatic heterocycles. The molecule has 114 valence electrons. The van der Waals surface area contributed by atoms with Gasteiger partial charge in [-0.25, -0.2) is 9.37 Å². The van der Waals surface area contributed by atoms with Crippen LogP contribution in [-0.4, -0.2) is 25.1 Å². The summed E-state index contributed by atoms with van der Waals surface area (Å²) < 4.78 is 14.5. The van der Waals surface area contributed by atoms with Gasteiger partial charge in [-0.3, -0.25) is 0 Å². The van der Waals surface area contributed by atoms with Crippen LogP contribution in [0.4, 0.5) is 10.2 Å². The Morgan fingerprint density at radius 3 is 2.65 bits per heavy atom. The van der Waals surface area contributed by atoms with Crippen molar-refractivity contribution in [2.24, 2.45) is 11.8 Å². The molecular weight excluding hydrogens is 253 g/mol. The van der Waals surface area contributed by atoms with Crippen LogP contribution in [0.1, 0.15) is 39.7 Å². The molecule has 0 aliphatic rings. The van der Waals surface area contributed by atoms with E-state index in [0.29, 0.717) is 29.8 Å². The maximum atomic E-state index is 14.5. The summed E-state index contributed by atoms with van der Waals surface area (Å²) in [5.41, 5.74) is 0.687. The topological polar surface area (TPSA) is 28.2 Å². The van der Waals surface area contributed by atoms with E-state index in [0.717, 1.165) is 19.5 Å². The zero-order valence-electron chi connectivity index (χ0n) is 13.4. The Morgan fingerprint density at radius 2 is 2.05 bits per heavy atom. The van der Waals surface area contributed by atoms with Gasteiger partial charge < -0.3 is 10.2 Å². The summed E-state index contributed by atoms with van der Waals surface area (Å²) in [5, 5.41) is 3.27. The number of rotatable bonds is 8. The fourth-order valence-corrected chi connectivity index (χ4v) is 2.05. The minimum Gasteiger partial charge on any atom is -0.357 e. The normalized spacial score (nSPS) is 12.8. The van der Waals surface area contributed by atoms with Gasteiger partial charge in [0.15, 0.2) is 11.6 Å². The molecule has 1 rings (SSSR count). The maximum absolute atomic E-state index is 14.5. The fourth-order valence-electron chi connectivity index (χ4n) is 2.05. The highest BCUT2D eigenvalue weighted by Gasteiger charge is 2.14. The summed E-state index contributed by atoms with van der Waals surface area (Å²) in [4.78, 5) is 6.10. The molecule has 0 aliphatic heterocycles. The SMILES string of the molecule is CCC(C)CN(C)c1nccc(CNCC(C)C)c1F. The summed E-state index contributed by atoms with van der Waals surface area (Å²) in [6, 6.07) is 1.75. The van der Waals surface area contributed by atoms with Crippen LogP contribution in [0.5, 0.6) is 0 Å². The average Bonchev–Trinajstić information content (AvgIpc) is 2.40. The summed E-state index contributed by atoms with van der Waals surface area (Å²) in [6.07, 6.45) is 2.78. The van der Waals surface area contributed by atoms with Crippen molar-refractivity contribution >= 4 is 5.82 Å². The first-order valence-corrected chi connectivity index (χ1v) is 7.50. The Bertz CT molecular complexity index is 407. The van der Waals surface area contributed by atoms with E-state index in [9.17, 15) is 4.39 Å². The molecule has 1 aromatic rings. The number of nitrogens with zero attached hydrogens (tertiary/aromatic N) is 2. The lowest BCUT2D eigenvalue weighted by Crippen LogP contribution is -2.26. The van der Waals surface area contributed by atoms with E-state index in [1.807, 2.05) is 11.9 Å². The molecule has 0 spiro atoms. The molecule has 0 saturated carbocycles. The van der Waals surface area contributed by atoms with Gasteiger partial charge in [-0.15, -0.1) is 0 Å². The van der Waals surface area contributed by atoms with Crippen LogP contribution in [0.3, 0.4) is 0 Å². The Morgan fingerprint density at radius 1 is 1.35 bits per heavy atom. The summed E-state index contributed by atoms with van der Waals surface area (Å²) in [5.74, 6) is 1.35. The quantitative estimate of drug-likeness (QED) is 0.791. The molecule has 0 fully saturated rings. The van der Waals surface area contributed by atoms with Gasteiger partial charge >= 0.3 is 0 Å². The van der Waals surface area contributed by atoms with Gasteiger partial charge in [0.05, 0.1) is 0 Å². The van der Waals surface area contributed by atoms with Gasteiger partial charge in [-0.05, 0) is 24.4 Å². The average molecular weight is 281 g/mol. The van der Waals surface area contributed by atoms with Crippen LogP contribution >= 0.6 is 0 Å². The van der Waals surface area contributed by atoms with Crippen molar-refractivity contribution in [1.29, 1.82) is 0 Å². The van der Waals surface area contributed by atoms with E-state index in [1.165, 1.54) is 0 Å². The molecule has 20 heavy (non-hydrogen) atoms. The second-order valence-corrected chi connectivity index (χ2v) is 6.03. The third-order valence-electron chi connectivity index (χ3n) is 3.46. The predicted molar refractivity (Wildman–Crippen MR) is 83.5 cm³/mol. The van der Waals surface area contributed by atoms with Crippen molar-refractivity contribution in [1.82, 2.24) is 10.3 Å². The molecule has 1 atom stereocenters. The smallest absolute Gasteiger partial charge is 0.170 e. The first-order valence-electron chi connectivity index (χ1n) is 7.50. The monoisotopic (exact) mass is 281 g/mol. The standard InChI is InChI=1S/C16H28FN3/c1-6-13(4)11-20(5)16-15(17)14(7-8-19-16)10-18-9-12(2)3/h7-8,12-13,18H,6,9-11H2,1-5H3. The van der Waals surface area contributed by atoms with Crippen LogP contribution < -0.4 is 10.2 Å². The highest BCUT2D eigenvalue weighted by atomic mass is 19.1. The van der Waals surface area contributed by atoms with Gasteiger partial charge in [0.2, 0.25) is 0 Å². The largest absolute Gasteiger partial charge is 0.357 e. The number of aromatic nitrogens is 1. The minimum atomic E-state index is -0.199. The van der Waals surface area contributed by atoms with Crippen molar-refractivity contribution in [3.8, 4) is 0 Å². The lowest BCUT2D eigenvalue weighted by atomic mass is 10.1. The van der Waals surface area contributed by atoms with Gasteiger partial charge in [0.25, 0.3) is 0 Å². The molecule has 0 amide bonds. The fraction of sp³-hybridized carbons (Fsp3) is 0.688. The first-order chi connectivity index (χ1) is 9.45. The zero-order valence-corrected chi connectivity index (χ0v) is 13.4. The lowest BCUT2D eigenvalue weighted by Gasteiger charge is -2.23. The molecule has 3 nitrogen and oxygen atoms in total. The summed E-state index contributed by atoms with van der Waals surface area (Å²) in [6.45, 7) is 10.9. The minimum absolute atomic E-state index is 0.199. The number of nitrogens with one attached hydrogen (secondary N) is 1. The Hall–Kier alpha value is -1.16. The summed E-state index contributed by atoms with van der Waals surface area (Å²) >= 11 is 0. The Balaban J connectivity index is 2.73. The highest BCUT2D eigenvalue weighted by molar-refractivity contribution is 5.42. The maximum Gasteiger partial charge on any atom is 0.170 e. The number of hydrogen-bond acceptors (Lipinski definition) is 3. The zero-order chi connectivity index (χ0) is 15.1.